The Bertz CT molecular complexity index is 1170. The zero-order valence-electron chi connectivity index (χ0n) is 18.8. The lowest BCUT2D eigenvalue weighted by molar-refractivity contribution is 0.103. The van der Waals surface area contributed by atoms with Gasteiger partial charge in [0, 0.05) is 74.2 Å². The highest BCUT2D eigenvalue weighted by Crippen LogP contribution is 2.35. The Morgan fingerprint density at radius 1 is 0.594 bits per heavy atom. The maximum atomic E-state index is 13.9. The van der Waals surface area contributed by atoms with E-state index >= 15 is 0 Å². The number of carbonyl (C=O) groups is 1. The topological polar surface area (TPSA) is 49.3 Å². The number of anilines is 2. The lowest BCUT2D eigenvalue weighted by Gasteiger charge is -2.20. The Hall–Kier alpha value is -3.99. The monoisotopic (exact) mass is 422 g/mol. The fraction of sp³-hybridized carbons (Fsp3) is 0.148. The normalized spacial score (nSPS) is 10.6. The van der Waals surface area contributed by atoms with Gasteiger partial charge in [-0.15, -0.1) is 0 Å². The number of rotatable bonds is 6. The summed E-state index contributed by atoms with van der Waals surface area (Å²) in [6.45, 7) is 0. The number of benzene rings is 2. The number of ketones is 1. The zero-order valence-corrected chi connectivity index (χ0v) is 18.8. The maximum Gasteiger partial charge on any atom is 0.197 e. The van der Waals surface area contributed by atoms with Crippen LogP contribution in [0.15, 0.2) is 85.2 Å². The van der Waals surface area contributed by atoms with Crippen molar-refractivity contribution < 1.29 is 4.79 Å². The fourth-order valence-electron chi connectivity index (χ4n) is 3.88. The third-order valence-corrected chi connectivity index (χ3v) is 5.39. The maximum absolute atomic E-state index is 13.9. The molecule has 4 aromatic rings. The van der Waals surface area contributed by atoms with Crippen LogP contribution in [0.4, 0.5) is 11.4 Å². The highest BCUT2D eigenvalue weighted by molar-refractivity contribution is 6.16. The van der Waals surface area contributed by atoms with Gasteiger partial charge in [0.25, 0.3) is 0 Å². The molecular formula is C27H26N4O. The van der Waals surface area contributed by atoms with Crippen molar-refractivity contribution in [2.75, 3.05) is 38.0 Å². The first kappa shape index (κ1) is 21.2. The molecule has 160 valence electrons. The van der Waals surface area contributed by atoms with E-state index in [-0.39, 0.29) is 5.78 Å². The number of hydrogen-bond acceptors (Lipinski definition) is 5. The van der Waals surface area contributed by atoms with Gasteiger partial charge in [-0.05, 0) is 36.4 Å². The van der Waals surface area contributed by atoms with E-state index in [1.165, 1.54) is 0 Å². The van der Waals surface area contributed by atoms with Crippen molar-refractivity contribution in [3.8, 4) is 22.5 Å². The molecule has 2 aromatic heterocycles. The highest BCUT2D eigenvalue weighted by Gasteiger charge is 2.22. The second kappa shape index (κ2) is 9.02. The molecule has 0 atom stereocenters. The number of pyridine rings is 2. The van der Waals surface area contributed by atoms with E-state index in [2.05, 4.69) is 9.97 Å². The van der Waals surface area contributed by atoms with E-state index in [9.17, 15) is 4.79 Å². The standard InChI is InChI=1S/C27H26N4O/c1-30(2)23-15-7-5-11-19(23)25-21(13-9-17-28-25)27(32)22-14-10-18-29-26(22)20-12-6-8-16-24(20)31(3)4/h5-18H,1-4H3. The molecule has 0 saturated heterocycles. The summed E-state index contributed by atoms with van der Waals surface area (Å²) in [5.41, 5.74) is 6.28. The number of carbonyl (C=O) groups excluding carboxylic acids is 1. The van der Waals surface area contributed by atoms with Gasteiger partial charge >= 0.3 is 0 Å². The van der Waals surface area contributed by atoms with Crippen LogP contribution in [0.2, 0.25) is 0 Å². The zero-order chi connectivity index (χ0) is 22.7. The first-order valence-electron chi connectivity index (χ1n) is 10.5. The van der Waals surface area contributed by atoms with E-state index in [1.54, 1.807) is 24.5 Å². The SMILES string of the molecule is CN(C)c1ccccc1-c1ncccc1C(=O)c1cccnc1-c1ccccc1N(C)C. The third-order valence-electron chi connectivity index (χ3n) is 5.39. The molecule has 4 rings (SSSR count). The molecule has 2 aromatic carbocycles. The highest BCUT2D eigenvalue weighted by atomic mass is 16.1. The summed E-state index contributed by atoms with van der Waals surface area (Å²) in [5, 5.41) is 0. The Morgan fingerprint density at radius 3 is 1.41 bits per heavy atom. The summed E-state index contributed by atoms with van der Waals surface area (Å²) >= 11 is 0. The predicted octanol–water partition coefficient (Wildman–Crippen LogP) is 5.17. The van der Waals surface area contributed by atoms with E-state index in [0.29, 0.717) is 22.5 Å². The van der Waals surface area contributed by atoms with Gasteiger partial charge in [-0.25, -0.2) is 0 Å². The van der Waals surface area contributed by atoms with E-state index in [1.807, 2.05) is 98.7 Å². The minimum Gasteiger partial charge on any atom is -0.377 e. The Labute approximate surface area is 189 Å². The molecule has 0 N–H and O–H groups in total. The van der Waals surface area contributed by atoms with Gasteiger partial charge in [-0.2, -0.15) is 0 Å². The smallest absolute Gasteiger partial charge is 0.197 e. The van der Waals surface area contributed by atoms with Crippen LogP contribution in [0.3, 0.4) is 0 Å². The van der Waals surface area contributed by atoms with Gasteiger partial charge in [-0.3, -0.25) is 14.8 Å². The van der Waals surface area contributed by atoms with Crippen LogP contribution in [0.5, 0.6) is 0 Å². The first-order valence-corrected chi connectivity index (χ1v) is 10.5. The molecule has 0 bridgehead atoms. The van der Waals surface area contributed by atoms with Crippen molar-refractivity contribution in [3.63, 3.8) is 0 Å². The largest absolute Gasteiger partial charge is 0.377 e. The molecule has 0 unspecified atom stereocenters. The molecule has 0 saturated carbocycles. The van der Waals surface area contributed by atoms with Crippen LogP contribution in [0.25, 0.3) is 22.5 Å². The van der Waals surface area contributed by atoms with Crippen molar-refractivity contribution in [3.05, 3.63) is 96.3 Å². The summed E-state index contributed by atoms with van der Waals surface area (Å²) < 4.78 is 0. The molecule has 5 heteroatoms. The summed E-state index contributed by atoms with van der Waals surface area (Å²) in [7, 11) is 7.95. The van der Waals surface area contributed by atoms with Gasteiger partial charge in [-0.1, -0.05) is 36.4 Å². The van der Waals surface area contributed by atoms with Gasteiger partial charge in [0.2, 0.25) is 0 Å². The van der Waals surface area contributed by atoms with Gasteiger partial charge < -0.3 is 9.80 Å². The minimum absolute atomic E-state index is 0.0988. The molecular weight excluding hydrogens is 396 g/mol. The molecule has 0 aliphatic heterocycles. The van der Waals surface area contributed by atoms with Crippen molar-refractivity contribution >= 4 is 17.2 Å². The minimum atomic E-state index is -0.0988. The number of aromatic nitrogens is 2. The van der Waals surface area contributed by atoms with Crippen molar-refractivity contribution in [2.45, 2.75) is 0 Å². The second-order valence-electron chi connectivity index (χ2n) is 7.95. The van der Waals surface area contributed by atoms with E-state index in [0.717, 1.165) is 22.5 Å². The fourth-order valence-corrected chi connectivity index (χ4v) is 3.88. The first-order chi connectivity index (χ1) is 15.5. The van der Waals surface area contributed by atoms with Crippen LogP contribution in [-0.4, -0.2) is 43.9 Å². The molecule has 0 radical (unpaired) electrons. The molecule has 0 spiro atoms. The average Bonchev–Trinajstić information content (AvgIpc) is 2.83. The second-order valence-corrected chi connectivity index (χ2v) is 7.95. The summed E-state index contributed by atoms with van der Waals surface area (Å²) in [5.74, 6) is -0.0988. The molecule has 0 aliphatic carbocycles. The molecule has 0 fully saturated rings. The predicted molar refractivity (Wildman–Crippen MR) is 131 cm³/mol. The van der Waals surface area contributed by atoms with Crippen molar-refractivity contribution in [2.24, 2.45) is 0 Å². The van der Waals surface area contributed by atoms with E-state index < -0.39 is 0 Å². The lowest BCUT2D eigenvalue weighted by atomic mass is 9.94. The average molecular weight is 423 g/mol. The lowest BCUT2D eigenvalue weighted by Crippen LogP contribution is -2.13. The van der Waals surface area contributed by atoms with Crippen molar-refractivity contribution in [1.29, 1.82) is 0 Å². The van der Waals surface area contributed by atoms with Crippen LogP contribution in [-0.2, 0) is 0 Å². The van der Waals surface area contributed by atoms with Gasteiger partial charge in [0.1, 0.15) is 0 Å². The number of hydrogen-bond donors (Lipinski definition) is 0. The summed E-state index contributed by atoms with van der Waals surface area (Å²) in [6.07, 6.45) is 3.45. The van der Waals surface area contributed by atoms with Crippen LogP contribution in [0.1, 0.15) is 15.9 Å². The van der Waals surface area contributed by atoms with Crippen LogP contribution < -0.4 is 9.80 Å². The van der Waals surface area contributed by atoms with Gasteiger partial charge in [0.05, 0.1) is 11.4 Å². The molecule has 32 heavy (non-hydrogen) atoms. The van der Waals surface area contributed by atoms with Gasteiger partial charge in [0.15, 0.2) is 5.78 Å². The van der Waals surface area contributed by atoms with E-state index in [4.69, 9.17) is 0 Å². The number of para-hydroxylation sites is 2. The molecule has 0 aliphatic rings. The molecule has 2 heterocycles. The Balaban J connectivity index is 1.88. The third kappa shape index (κ3) is 3.97. The van der Waals surface area contributed by atoms with Crippen molar-refractivity contribution in [1.82, 2.24) is 9.97 Å². The van der Waals surface area contributed by atoms with Crippen LogP contribution in [0, 0.1) is 0 Å². The summed E-state index contributed by atoms with van der Waals surface area (Å²) in [6, 6.07) is 23.3. The summed E-state index contributed by atoms with van der Waals surface area (Å²) in [4.78, 5) is 27.2. The number of nitrogens with zero attached hydrogens (tertiary/aromatic N) is 4. The van der Waals surface area contributed by atoms with Crippen LogP contribution >= 0.6 is 0 Å². The Kier molecular flexibility index (Phi) is 5.99. The molecule has 0 amide bonds. The quantitative estimate of drug-likeness (QED) is 0.401. The Morgan fingerprint density at radius 2 is 1.00 bits per heavy atom. The molecule has 5 nitrogen and oxygen atoms in total.